The Hall–Kier alpha value is -3.46. The molecule has 2 aromatic carbocycles. The smallest absolute Gasteiger partial charge is 0.279 e. The number of hydrogen-bond donors (Lipinski definition) is 1. The summed E-state index contributed by atoms with van der Waals surface area (Å²) in [7, 11) is 0. The number of anilines is 1. The number of carbonyl (C=O) groups excluding carboxylic acids is 1. The summed E-state index contributed by atoms with van der Waals surface area (Å²) in [5.41, 5.74) is 3.83. The summed E-state index contributed by atoms with van der Waals surface area (Å²) in [6.45, 7) is 2.02. The fourth-order valence-electron chi connectivity index (χ4n) is 3.20. The van der Waals surface area contributed by atoms with Crippen molar-refractivity contribution in [3.63, 3.8) is 0 Å². The first kappa shape index (κ1) is 18.6. The molecule has 0 saturated heterocycles. The molecule has 0 radical (unpaired) electrons. The van der Waals surface area contributed by atoms with Gasteiger partial charge in [-0.3, -0.25) is 10.1 Å². The maximum Gasteiger partial charge on any atom is 0.279 e. The zero-order chi connectivity index (χ0) is 20.7. The van der Waals surface area contributed by atoms with Crippen molar-refractivity contribution < 1.29 is 9.18 Å². The number of amides is 1. The van der Waals surface area contributed by atoms with Crippen LogP contribution >= 0.6 is 11.5 Å². The van der Waals surface area contributed by atoms with Crippen LogP contribution in [0.5, 0.6) is 0 Å². The lowest BCUT2D eigenvalue weighted by molar-refractivity contribution is 0.102. The Balaban J connectivity index is 1.40. The number of halogens is 1. The molecule has 150 valence electrons. The lowest BCUT2D eigenvalue weighted by Gasteiger charge is -2.07. The predicted octanol–water partition coefficient (Wildman–Crippen LogP) is 4.36. The van der Waals surface area contributed by atoms with E-state index in [1.165, 1.54) is 12.1 Å². The number of nitrogens with one attached hydrogen (secondary N) is 1. The molecule has 0 atom stereocenters. The second-order valence-corrected chi connectivity index (χ2v) is 7.98. The van der Waals surface area contributed by atoms with Crippen molar-refractivity contribution in [3.05, 3.63) is 71.3 Å². The Morgan fingerprint density at radius 2 is 1.87 bits per heavy atom. The summed E-state index contributed by atoms with van der Waals surface area (Å²) in [4.78, 5) is 17.3. The Kier molecular flexibility index (Phi) is 4.59. The van der Waals surface area contributed by atoms with Crippen LogP contribution in [0.15, 0.2) is 48.5 Å². The first-order chi connectivity index (χ1) is 14.6. The molecule has 5 rings (SSSR count). The molecule has 2 heterocycles. The highest BCUT2D eigenvalue weighted by atomic mass is 32.1. The third-order valence-corrected chi connectivity index (χ3v) is 5.54. The van der Waals surface area contributed by atoms with Crippen LogP contribution in [0, 0.1) is 12.7 Å². The number of aromatic nitrogens is 5. The maximum atomic E-state index is 13.1. The molecule has 1 fully saturated rings. The summed E-state index contributed by atoms with van der Waals surface area (Å²) in [6, 6.07) is 13.8. The molecule has 0 bridgehead atoms. The molecular weight excluding hydrogens is 403 g/mol. The van der Waals surface area contributed by atoms with Gasteiger partial charge in [-0.1, -0.05) is 22.9 Å². The van der Waals surface area contributed by atoms with Crippen molar-refractivity contribution in [2.24, 2.45) is 0 Å². The highest BCUT2D eigenvalue weighted by Crippen LogP contribution is 2.42. The van der Waals surface area contributed by atoms with Gasteiger partial charge in [-0.15, -0.1) is 5.10 Å². The minimum Gasteiger partial charge on any atom is -0.295 e. The zero-order valence-electron chi connectivity index (χ0n) is 16.0. The van der Waals surface area contributed by atoms with Gasteiger partial charge in [0.1, 0.15) is 5.82 Å². The van der Waals surface area contributed by atoms with E-state index in [0.29, 0.717) is 22.2 Å². The highest BCUT2D eigenvalue weighted by molar-refractivity contribution is 7.10. The first-order valence-corrected chi connectivity index (χ1v) is 10.3. The van der Waals surface area contributed by atoms with Gasteiger partial charge in [-0.05, 0) is 56.2 Å². The quantitative estimate of drug-likeness (QED) is 0.518. The van der Waals surface area contributed by atoms with Crippen molar-refractivity contribution in [1.82, 2.24) is 24.4 Å². The number of nitrogens with zero attached hydrogens (tertiary/aromatic N) is 5. The SMILES string of the molecule is Cc1ccc(-n2nnc(C(=O)Nc3nc(-c4ccc(F)cc4)ns3)c2C2CC2)cc1. The van der Waals surface area contributed by atoms with Gasteiger partial charge in [0.05, 0.1) is 11.4 Å². The van der Waals surface area contributed by atoms with Gasteiger partial charge in [0.25, 0.3) is 5.91 Å². The van der Waals surface area contributed by atoms with Crippen molar-refractivity contribution in [3.8, 4) is 17.1 Å². The summed E-state index contributed by atoms with van der Waals surface area (Å²) in [5, 5.41) is 11.5. The molecule has 1 saturated carbocycles. The normalized spacial score (nSPS) is 13.4. The van der Waals surface area contributed by atoms with E-state index in [9.17, 15) is 9.18 Å². The minimum atomic E-state index is -0.364. The predicted molar refractivity (Wildman–Crippen MR) is 111 cm³/mol. The topological polar surface area (TPSA) is 85.6 Å². The van der Waals surface area contributed by atoms with Crippen LogP contribution in [0.25, 0.3) is 17.1 Å². The monoisotopic (exact) mass is 420 g/mol. The Morgan fingerprint density at radius 1 is 1.13 bits per heavy atom. The van der Waals surface area contributed by atoms with Crippen LogP contribution in [-0.4, -0.2) is 30.3 Å². The summed E-state index contributed by atoms with van der Waals surface area (Å²) in [6.07, 6.45) is 2.01. The van der Waals surface area contributed by atoms with Crippen LogP contribution in [0.2, 0.25) is 0 Å². The van der Waals surface area contributed by atoms with Crippen LogP contribution in [-0.2, 0) is 0 Å². The van der Waals surface area contributed by atoms with Crippen molar-refractivity contribution >= 4 is 22.6 Å². The van der Waals surface area contributed by atoms with Crippen molar-refractivity contribution in [2.45, 2.75) is 25.7 Å². The van der Waals surface area contributed by atoms with E-state index in [4.69, 9.17) is 0 Å². The molecule has 4 aromatic rings. The molecule has 0 unspecified atom stereocenters. The lowest BCUT2D eigenvalue weighted by atomic mass is 10.2. The van der Waals surface area contributed by atoms with Gasteiger partial charge in [0, 0.05) is 23.0 Å². The summed E-state index contributed by atoms with van der Waals surface area (Å²) >= 11 is 1.06. The standard InChI is InChI=1S/C21H17FN6OS/c1-12-2-10-16(11-3-12)28-18(13-4-5-13)17(25-27-28)20(29)24-21-23-19(26-30-21)14-6-8-15(22)9-7-14/h2-3,6-11,13H,4-5H2,1H3,(H,23,24,26,29). The first-order valence-electron chi connectivity index (χ1n) is 9.52. The van der Waals surface area contributed by atoms with Crippen LogP contribution in [0.3, 0.4) is 0 Å². The number of hydrogen-bond acceptors (Lipinski definition) is 6. The van der Waals surface area contributed by atoms with Gasteiger partial charge in [0.2, 0.25) is 5.13 Å². The van der Waals surface area contributed by atoms with Gasteiger partial charge >= 0.3 is 0 Å². The van der Waals surface area contributed by atoms with E-state index in [0.717, 1.165) is 41.3 Å². The van der Waals surface area contributed by atoms with Crippen molar-refractivity contribution in [1.29, 1.82) is 0 Å². The van der Waals surface area contributed by atoms with E-state index in [1.54, 1.807) is 16.8 Å². The average molecular weight is 420 g/mol. The molecule has 1 N–H and O–H groups in total. The van der Waals surface area contributed by atoms with E-state index < -0.39 is 0 Å². The minimum absolute atomic E-state index is 0.270. The van der Waals surface area contributed by atoms with Crippen molar-refractivity contribution in [2.75, 3.05) is 5.32 Å². The molecule has 0 spiro atoms. The van der Waals surface area contributed by atoms with E-state index in [1.807, 2.05) is 31.2 Å². The molecular formula is C21H17FN6OS. The zero-order valence-corrected chi connectivity index (χ0v) is 16.9. The highest BCUT2D eigenvalue weighted by Gasteiger charge is 2.34. The average Bonchev–Trinajstić information content (AvgIpc) is 3.31. The third-order valence-electron chi connectivity index (χ3n) is 4.91. The molecule has 30 heavy (non-hydrogen) atoms. The van der Waals surface area contributed by atoms with E-state index in [-0.39, 0.29) is 17.6 Å². The molecule has 1 aliphatic carbocycles. The molecule has 1 amide bonds. The Labute approximate surface area is 175 Å². The number of carbonyl (C=O) groups is 1. The second kappa shape index (κ2) is 7.42. The summed E-state index contributed by atoms with van der Waals surface area (Å²) < 4.78 is 19.1. The molecule has 0 aliphatic heterocycles. The van der Waals surface area contributed by atoms with Gasteiger partial charge in [-0.25, -0.2) is 9.07 Å². The Morgan fingerprint density at radius 3 is 2.57 bits per heavy atom. The number of benzene rings is 2. The largest absolute Gasteiger partial charge is 0.295 e. The second-order valence-electron chi connectivity index (χ2n) is 7.23. The fourth-order valence-corrected chi connectivity index (χ4v) is 3.78. The van der Waals surface area contributed by atoms with Crippen LogP contribution < -0.4 is 5.32 Å². The van der Waals surface area contributed by atoms with Gasteiger partial charge < -0.3 is 0 Å². The van der Waals surface area contributed by atoms with Gasteiger partial charge in [0.15, 0.2) is 11.5 Å². The van der Waals surface area contributed by atoms with Gasteiger partial charge in [-0.2, -0.15) is 9.36 Å². The van der Waals surface area contributed by atoms with Crippen LogP contribution in [0.4, 0.5) is 9.52 Å². The molecule has 7 nitrogen and oxygen atoms in total. The lowest BCUT2D eigenvalue weighted by Crippen LogP contribution is -2.15. The summed E-state index contributed by atoms with van der Waals surface area (Å²) in [5.74, 6) is 0.0103. The number of aryl methyl sites for hydroxylation is 1. The molecule has 2 aromatic heterocycles. The van der Waals surface area contributed by atoms with E-state index >= 15 is 0 Å². The number of rotatable bonds is 5. The van der Waals surface area contributed by atoms with Crippen LogP contribution in [0.1, 0.15) is 40.5 Å². The maximum absolute atomic E-state index is 13.1. The molecule has 1 aliphatic rings. The Bertz CT molecular complexity index is 1210. The fraction of sp³-hybridized carbons (Fsp3) is 0.190. The third kappa shape index (κ3) is 3.59. The van der Waals surface area contributed by atoms with E-state index in [2.05, 4.69) is 25.0 Å². The molecule has 9 heteroatoms.